The molecule has 0 aliphatic carbocycles. The molecule has 3 aromatic rings. The van der Waals surface area contributed by atoms with Gasteiger partial charge in [0.05, 0.1) is 10.2 Å². The number of anilines is 1. The molecule has 0 atom stereocenters. The fourth-order valence-corrected chi connectivity index (χ4v) is 3.56. The molecule has 3 rings (SSSR count). The average molecular weight is 438 g/mol. The first-order valence-electron chi connectivity index (χ1n) is 7.43. The van der Waals surface area contributed by atoms with Crippen molar-refractivity contribution < 1.29 is 9.53 Å². The highest BCUT2D eigenvalue weighted by Gasteiger charge is 2.13. The Morgan fingerprint density at radius 2 is 1.96 bits per heavy atom. The number of benzene rings is 2. The van der Waals surface area contributed by atoms with Gasteiger partial charge in [-0.05, 0) is 47.1 Å². The lowest BCUT2D eigenvalue weighted by atomic mass is 10.1. The van der Waals surface area contributed by atoms with Gasteiger partial charge in [-0.15, -0.1) is 11.3 Å². The molecule has 2 aromatic carbocycles. The third kappa shape index (κ3) is 4.60. The van der Waals surface area contributed by atoms with Gasteiger partial charge in [0.15, 0.2) is 11.7 Å². The first kappa shape index (κ1) is 17.9. The fourth-order valence-electron chi connectivity index (χ4n) is 2.19. The Morgan fingerprint density at radius 1 is 1.24 bits per heavy atom. The summed E-state index contributed by atoms with van der Waals surface area (Å²) in [7, 11) is 0. The molecule has 0 spiro atoms. The predicted molar refractivity (Wildman–Crippen MR) is 106 cm³/mol. The Kier molecular flexibility index (Phi) is 5.73. The van der Waals surface area contributed by atoms with Gasteiger partial charge in [0.2, 0.25) is 0 Å². The zero-order valence-electron chi connectivity index (χ0n) is 13.3. The highest BCUT2D eigenvalue weighted by atomic mass is 79.9. The topological polar surface area (TPSA) is 51.2 Å². The molecular formula is C18H14BrClN2O2S. The molecule has 0 saturated heterocycles. The van der Waals surface area contributed by atoms with Crippen molar-refractivity contribution in [2.75, 3.05) is 11.9 Å². The van der Waals surface area contributed by atoms with Crippen molar-refractivity contribution in [3.05, 3.63) is 62.9 Å². The number of para-hydroxylation sites is 1. The molecule has 0 aliphatic heterocycles. The van der Waals surface area contributed by atoms with Crippen molar-refractivity contribution in [3.63, 3.8) is 0 Å². The zero-order chi connectivity index (χ0) is 17.8. The van der Waals surface area contributed by atoms with Crippen LogP contribution in [0, 0.1) is 6.92 Å². The molecule has 0 saturated carbocycles. The number of carbonyl (C=O) groups is 1. The van der Waals surface area contributed by atoms with Gasteiger partial charge in [0.25, 0.3) is 5.91 Å². The maximum absolute atomic E-state index is 12.1. The number of rotatable bonds is 5. The number of nitrogens with zero attached hydrogens (tertiary/aromatic N) is 1. The van der Waals surface area contributed by atoms with Crippen LogP contribution in [0.1, 0.15) is 4.88 Å². The van der Waals surface area contributed by atoms with E-state index in [0.717, 1.165) is 20.6 Å². The maximum Gasteiger partial charge on any atom is 0.264 e. The molecule has 7 heteroatoms. The van der Waals surface area contributed by atoms with E-state index in [1.54, 1.807) is 6.07 Å². The summed E-state index contributed by atoms with van der Waals surface area (Å²) in [6.07, 6.45) is 0. The maximum atomic E-state index is 12.1. The summed E-state index contributed by atoms with van der Waals surface area (Å²) in [6, 6.07) is 14.8. The van der Waals surface area contributed by atoms with Gasteiger partial charge < -0.3 is 4.74 Å². The van der Waals surface area contributed by atoms with E-state index in [4.69, 9.17) is 16.3 Å². The minimum atomic E-state index is -0.257. The lowest BCUT2D eigenvalue weighted by molar-refractivity contribution is -0.118. The Labute approximate surface area is 162 Å². The van der Waals surface area contributed by atoms with E-state index < -0.39 is 0 Å². The van der Waals surface area contributed by atoms with Crippen molar-refractivity contribution in [3.8, 4) is 17.0 Å². The van der Waals surface area contributed by atoms with Gasteiger partial charge in [0.1, 0.15) is 5.75 Å². The van der Waals surface area contributed by atoms with E-state index in [2.05, 4.69) is 26.2 Å². The van der Waals surface area contributed by atoms with Crippen LogP contribution < -0.4 is 10.1 Å². The van der Waals surface area contributed by atoms with Gasteiger partial charge in [-0.3, -0.25) is 10.1 Å². The van der Waals surface area contributed by atoms with Crippen LogP contribution in [-0.4, -0.2) is 17.5 Å². The van der Waals surface area contributed by atoms with Crippen molar-refractivity contribution >= 4 is 49.9 Å². The van der Waals surface area contributed by atoms with Crippen LogP contribution in [0.15, 0.2) is 53.0 Å². The molecule has 1 N–H and O–H groups in total. The molecule has 1 amide bonds. The molecule has 25 heavy (non-hydrogen) atoms. The largest absolute Gasteiger partial charge is 0.483 e. The molecule has 0 unspecified atom stereocenters. The standard InChI is InChI=1S/C18H14BrClN2O2S/c1-11-17(12-6-8-13(20)9-7-12)22-18(25-11)21-16(23)10-24-15-5-3-2-4-14(15)19/h2-9H,10H2,1H3,(H,21,22,23). The van der Waals surface area contributed by atoms with E-state index in [1.807, 2.05) is 49.4 Å². The number of hydrogen-bond donors (Lipinski definition) is 1. The fraction of sp³-hybridized carbons (Fsp3) is 0.111. The molecule has 0 fully saturated rings. The lowest BCUT2D eigenvalue weighted by Gasteiger charge is -2.07. The summed E-state index contributed by atoms with van der Waals surface area (Å²) >= 11 is 10.7. The number of halogens is 2. The molecule has 1 heterocycles. The number of aryl methyl sites for hydroxylation is 1. The second kappa shape index (κ2) is 7.99. The monoisotopic (exact) mass is 436 g/mol. The van der Waals surface area contributed by atoms with Crippen LogP contribution in [0.3, 0.4) is 0 Å². The second-order valence-electron chi connectivity index (χ2n) is 5.20. The first-order chi connectivity index (χ1) is 12.0. The van der Waals surface area contributed by atoms with Crippen LogP contribution in [0.25, 0.3) is 11.3 Å². The van der Waals surface area contributed by atoms with Crippen molar-refractivity contribution in [2.24, 2.45) is 0 Å². The smallest absolute Gasteiger partial charge is 0.264 e. The van der Waals surface area contributed by atoms with Gasteiger partial charge in [-0.1, -0.05) is 35.9 Å². The zero-order valence-corrected chi connectivity index (χ0v) is 16.4. The number of ether oxygens (including phenoxy) is 1. The van der Waals surface area contributed by atoms with Crippen LogP contribution in [-0.2, 0) is 4.79 Å². The molecule has 128 valence electrons. The Morgan fingerprint density at radius 3 is 2.68 bits per heavy atom. The Balaban J connectivity index is 1.65. The van der Waals surface area contributed by atoms with Gasteiger partial charge in [-0.2, -0.15) is 0 Å². The number of hydrogen-bond acceptors (Lipinski definition) is 4. The van der Waals surface area contributed by atoms with E-state index in [-0.39, 0.29) is 12.5 Å². The third-order valence-electron chi connectivity index (χ3n) is 3.36. The summed E-state index contributed by atoms with van der Waals surface area (Å²) in [4.78, 5) is 17.6. The third-order valence-corrected chi connectivity index (χ3v) is 5.15. The highest BCUT2D eigenvalue weighted by Crippen LogP contribution is 2.31. The van der Waals surface area contributed by atoms with Gasteiger partial charge in [-0.25, -0.2) is 4.98 Å². The van der Waals surface area contributed by atoms with Crippen molar-refractivity contribution in [1.82, 2.24) is 4.98 Å². The summed E-state index contributed by atoms with van der Waals surface area (Å²) in [5.41, 5.74) is 1.80. The quantitative estimate of drug-likeness (QED) is 0.569. The summed E-state index contributed by atoms with van der Waals surface area (Å²) in [6.45, 7) is 1.88. The lowest BCUT2D eigenvalue weighted by Crippen LogP contribution is -2.20. The summed E-state index contributed by atoms with van der Waals surface area (Å²) < 4.78 is 6.31. The van der Waals surface area contributed by atoms with Crippen LogP contribution in [0.2, 0.25) is 5.02 Å². The molecule has 0 radical (unpaired) electrons. The molecule has 4 nitrogen and oxygen atoms in total. The van der Waals surface area contributed by atoms with Crippen molar-refractivity contribution in [1.29, 1.82) is 0 Å². The SMILES string of the molecule is Cc1sc(NC(=O)COc2ccccc2Br)nc1-c1ccc(Cl)cc1. The van der Waals surface area contributed by atoms with E-state index in [1.165, 1.54) is 11.3 Å². The van der Waals surface area contributed by atoms with Gasteiger partial charge in [0, 0.05) is 15.5 Å². The Bertz CT molecular complexity index is 896. The normalized spacial score (nSPS) is 10.5. The van der Waals surface area contributed by atoms with Gasteiger partial charge >= 0.3 is 0 Å². The van der Waals surface area contributed by atoms with Crippen LogP contribution >= 0.6 is 38.9 Å². The molecule has 0 bridgehead atoms. The summed E-state index contributed by atoms with van der Waals surface area (Å²) in [5, 5.41) is 4.00. The minimum Gasteiger partial charge on any atom is -0.483 e. The number of carbonyl (C=O) groups excluding carboxylic acids is 1. The second-order valence-corrected chi connectivity index (χ2v) is 7.69. The predicted octanol–water partition coefficient (Wildman–Crippen LogP) is 5.55. The van der Waals surface area contributed by atoms with E-state index >= 15 is 0 Å². The highest BCUT2D eigenvalue weighted by molar-refractivity contribution is 9.10. The van der Waals surface area contributed by atoms with Crippen LogP contribution in [0.5, 0.6) is 5.75 Å². The number of thiazole rings is 1. The number of amides is 1. The Hall–Kier alpha value is -1.89. The van der Waals surface area contributed by atoms with E-state index in [9.17, 15) is 4.79 Å². The summed E-state index contributed by atoms with van der Waals surface area (Å²) in [5.74, 6) is 0.363. The molecular weight excluding hydrogens is 424 g/mol. The molecule has 0 aliphatic rings. The number of nitrogens with one attached hydrogen (secondary N) is 1. The minimum absolute atomic E-state index is 0.0858. The average Bonchev–Trinajstić information content (AvgIpc) is 2.95. The molecule has 1 aromatic heterocycles. The first-order valence-corrected chi connectivity index (χ1v) is 9.42. The van der Waals surface area contributed by atoms with Crippen LogP contribution in [0.4, 0.5) is 5.13 Å². The number of aromatic nitrogens is 1. The van der Waals surface area contributed by atoms with E-state index in [0.29, 0.717) is 15.9 Å². The van der Waals surface area contributed by atoms with Crippen molar-refractivity contribution in [2.45, 2.75) is 6.92 Å².